The van der Waals surface area contributed by atoms with Crippen molar-refractivity contribution in [3.63, 3.8) is 0 Å². The summed E-state index contributed by atoms with van der Waals surface area (Å²) in [6, 6.07) is 11.4. The lowest BCUT2D eigenvalue weighted by molar-refractivity contribution is 0.0773. The third-order valence-electron chi connectivity index (χ3n) is 4.42. The van der Waals surface area contributed by atoms with E-state index in [-0.39, 0.29) is 12.5 Å². The summed E-state index contributed by atoms with van der Waals surface area (Å²) in [6.45, 7) is 2.80. The summed E-state index contributed by atoms with van der Waals surface area (Å²) in [5.41, 5.74) is 2.36. The maximum Gasteiger partial charge on any atom is 0.274 e. The molecular formula is C18H20N6O2. The molecule has 4 rings (SSSR count). The zero-order valence-electron chi connectivity index (χ0n) is 14.8. The Morgan fingerprint density at radius 3 is 2.88 bits per heavy atom. The second kappa shape index (κ2) is 6.72. The highest BCUT2D eigenvalue weighted by Gasteiger charge is 2.22. The van der Waals surface area contributed by atoms with Gasteiger partial charge in [-0.05, 0) is 25.2 Å². The molecule has 26 heavy (non-hydrogen) atoms. The summed E-state index contributed by atoms with van der Waals surface area (Å²) in [6.07, 6.45) is 0. The Bertz CT molecular complexity index is 917. The Balaban J connectivity index is 1.46. The molecule has 1 aliphatic heterocycles. The van der Waals surface area contributed by atoms with Gasteiger partial charge < -0.3 is 9.42 Å². The summed E-state index contributed by atoms with van der Waals surface area (Å²) < 4.78 is 7.20. The minimum atomic E-state index is -0.152. The van der Waals surface area contributed by atoms with Gasteiger partial charge in [0.05, 0.1) is 18.8 Å². The number of amides is 1. The molecule has 1 aromatic carbocycles. The van der Waals surface area contributed by atoms with Gasteiger partial charge in [-0.25, -0.2) is 0 Å². The average Bonchev–Trinajstić information content (AvgIpc) is 3.28. The predicted molar refractivity (Wildman–Crippen MR) is 94.1 cm³/mol. The number of benzene rings is 1. The van der Waals surface area contributed by atoms with Crippen LogP contribution in [0.5, 0.6) is 0 Å². The SMILES string of the molecule is CN1CCn2nc(C(=O)N(C)Cc3noc(-c4ccccc4)n3)cc2C1. The first-order chi connectivity index (χ1) is 12.6. The molecule has 0 bridgehead atoms. The van der Waals surface area contributed by atoms with E-state index >= 15 is 0 Å². The van der Waals surface area contributed by atoms with Gasteiger partial charge in [0.2, 0.25) is 0 Å². The van der Waals surface area contributed by atoms with E-state index in [9.17, 15) is 4.79 Å². The zero-order chi connectivity index (χ0) is 18.1. The summed E-state index contributed by atoms with van der Waals surface area (Å²) >= 11 is 0. The highest BCUT2D eigenvalue weighted by Crippen LogP contribution is 2.17. The lowest BCUT2D eigenvalue weighted by atomic mass is 10.2. The van der Waals surface area contributed by atoms with Crippen molar-refractivity contribution in [2.45, 2.75) is 19.6 Å². The third-order valence-corrected chi connectivity index (χ3v) is 4.42. The molecule has 8 nitrogen and oxygen atoms in total. The lowest BCUT2D eigenvalue weighted by Gasteiger charge is -2.22. The molecule has 0 N–H and O–H groups in total. The highest BCUT2D eigenvalue weighted by atomic mass is 16.5. The number of likely N-dealkylation sites (N-methyl/N-ethyl adjacent to an activating group) is 1. The quantitative estimate of drug-likeness (QED) is 0.710. The van der Waals surface area contributed by atoms with Gasteiger partial charge in [0, 0.05) is 25.7 Å². The number of carbonyl (C=O) groups is 1. The minimum Gasteiger partial charge on any atom is -0.334 e. The number of hydrogen-bond donors (Lipinski definition) is 0. The van der Waals surface area contributed by atoms with Crippen molar-refractivity contribution in [1.82, 2.24) is 29.7 Å². The van der Waals surface area contributed by atoms with Gasteiger partial charge in [-0.2, -0.15) is 10.1 Å². The van der Waals surface area contributed by atoms with Crippen LogP contribution in [0.4, 0.5) is 0 Å². The van der Waals surface area contributed by atoms with Crippen LogP contribution in [0, 0.1) is 0 Å². The molecule has 1 aliphatic rings. The van der Waals surface area contributed by atoms with Crippen LogP contribution >= 0.6 is 0 Å². The molecule has 2 aromatic heterocycles. The average molecular weight is 352 g/mol. The van der Waals surface area contributed by atoms with Crippen LogP contribution in [0.3, 0.4) is 0 Å². The second-order valence-electron chi connectivity index (χ2n) is 6.52. The van der Waals surface area contributed by atoms with Gasteiger partial charge in [-0.3, -0.25) is 14.4 Å². The van der Waals surface area contributed by atoms with Crippen LogP contribution in [-0.2, 0) is 19.6 Å². The summed E-state index contributed by atoms with van der Waals surface area (Å²) in [4.78, 5) is 20.8. The van der Waals surface area contributed by atoms with E-state index in [4.69, 9.17) is 4.52 Å². The maximum absolute atomic E-state index is 12.7. The van der Waals surface area contributed by atoms with E-state index < -0.39 is 0 Å². The largest absolute Gasteiger partial charge is 0.334 e. The van der Waals surface area contributed by atoms with Crippen LogP contribution in [0.15, 0.2) is 40.9 Å². The van der Waals surface area contributed by atoms with E-state index in [1.165, 1.54) is 0 Å². The molecule has 0 fully saturated rings. The second-order valence-corrected chi connectivity index (χ2v) is 6.52. The Kier molecular flexibility index (Phi) is 4.26. The van der Waals surface area contributed by atoms with Crippen LogP contribution < -0.4 is 0 Å². The maximum atomic E-state index is 12.7. The molecule has 0 aliphatic carbocycles. The van der Waals surface area contributed by atoms with Crippen molar-refractivity contribution in [3.05, 3.63) is 53.6 Å². The molecule has 0 spiro atoms. The molecule has 1 amide bonds. The van der Waals surface area contributed by atoms with Gasteiger partial charge in [0.1, 0.15) is 0 Å². The van der Waals surface area contributed by atoms with E-state index in [1.807, 2.05) is 41.1 Å². The molecule has 0 unspecified atom stereocenters. The molecule has 0 radical (unpaired) electrons. The molecular weight excluding hydrogens is 332 g/mol. The summed E-state index contributed by atoms with van der Waals surface area (Å²) in [5.74, 6) is 0.756. The number of carbonyl (C=O) groups excluding carboxylic acids is 1. The molecule has 0 saturated carbocycles. The van der Waals surface area contributed by atoms with Crippen molar-refractivity contribution < 1.29 is 9.32 Å². The van der Waals surface area contributed by atoms with Gasteiger partial charge >= 0.3 is 0 Å². The highest BCUT2D eigenvalue weighted by molar-refractivity contribution is 5.92. The Labute approximate surface area is 151 Å². The summed E-state index contributed by atoms with van der Waals surface area (Å²) in [5, 5.41) is 8.41. The van der Waals surface area contributed by atoms with Crippen molar-refractivity contribution in [2.75, 3.05) is 20.6 Å². The van der Waals surface area contributed by atoms with Crippen molar-refractivity contribution in [2.24, 2.45) is 0 Å². The van der Waals surface area contributed by atoms with Crippen LogP contribution in [0.25, 0.3) is 11.5 Å². The van der Waals surface area contributed by atoms with Gasteiger partial charge in [-0.1, -0.05) is 23.4 Å². The first-order valence-electron chi connectivity index (χ1n) is 8.49. The van der Waals surface area contributed by atoms with Crippen molar-refractivity contribution >= 4 is 5.91 Å². The van der Waals surface area contributed by atoms with Gasteiger partial charge in [0.25, 0.3) is 11.8 Å². The van der Waals surface area contributed by atoms with E-state index in [0.29, 0.717) is 17.4 Å². The van der Waals surface area contributed by atoms with Gasteiger partial charge in [0.15, 0.2) is 11.5 Å². The first-order valence-corrected chi connectivity index (χ1v) is 8.49. The standard InChI is InChI=1S/C18H20N6O2/c1-22-8-9-24-14(11-22)10-15(20-24)18(25)23(2)12-16-19-17(26-21-16)13-6-4-3-5-7-13/h3-7,10H,8-9,11-12H2,1-2H3. The predicted octanol–water partition coefficient (Wildman–Crippen LogP) is 1.65. The Hall–Kier alpha value is -3.00. The van der Waals surface area contributed by atoms with E-state index in [2.05, 4.69) is 27.2 Å². The molecule has 0 saturated heterocycles. The molecule has 0 atom stereocenters. The van der Waals surface area contributed by atoms with Crippen LogP contribution in [0.2, 0.25) is 0 Å². The Morgan fingerprint density at radius 2 is 2.08 bits per heavy atom. The fourth-order valence-corrected chi connectivity index (χ4v) is 3.00. The normalized spacial score (nSPS) is 14.2. The third kappa shape index (κ3) is 3.23. The molecule has 3 heterocycles. The number of hydrogen-bond acceptors (Lipinski definition) is 6. The fraction of sp³-hybridized carbons (Fsp3) is 0.333. The van der Waals surface area contributed by atoms with Crippen molar-refractivity contribution in [1.29, 1.82) is 0 Å². The zero-order valence-corrected chi connectivity index (χ0v) is 14.8. The number of fused-ring (bicyclic) bond motifs is 1. The smallest absolute Gasteiger partial charge is 0.274 e. The minimum absolute atomic E-state index is 0.152. The van der Waals surface area contributed by atoms with E-state index in [1.54, 1.807) is 11.9 Å². The van der Waals surface area contributed by atoms with Crippen LogP contribution in [0.1, 0.15) is 22.0 Å². The Morgan fingerprint density at radius 1 is 1.27 bits per heavy atom. The summed E-state index contributed by atoms with van der Waals surface area (Å²) in [7, 11) is 3.77. The van der Waals surface area contributed by atoms with Crippen LogP contribution in [-0.4, -0.2) is 56.3 Å². The number of nitrogens with zero attached hydrogens (tertiary/aromatic N) is 6. The first kappa shape index (κ1) is 16.5. The topological polar surface area (TPSA) is 80.3 Å². The van der Waals surface area contributed by atoms with Gasteiger partial charge in [-0.15, -0.1) is 0 Å². The fourth-order valence-electron chi connectivity index (χ4n) is 3.00. The van der Waals surface area contributed by atoms with E-state index in [0.717, 1.165) is 30.9 Å². The molecule has 8 heteroatoms. The molecule has 3 aromatic rings. The number of aromatic nitrogens is 4. The van der Waals surface area contributed by atoms with Crippen molar-refractivity contribution in [3.8, 4) is 11.5 Å². The molecule has 134 valence electrons. The monoisotopic (exact) mass is 352 g/mol. The number of rotatable bonds is 4. The lowest BCUT2D eigenvalue weighted by Crippen LogP contribution is -2.30.